The van der Waals surface area contributed by atoms with Crippen molar-refractivity contribution in [2.75, 3.05) is 5.32 Å². The minimum atomic E-state index is -1.48. The molecule has 1 aromatic carbocycles. The highest BCUT2D eigenvalue weighted by molar-refractivity contribution is 5.54. The fraction of sp³-hybridized carbons (Fsp3) is 0.250. The molecular formula is C12H12F3N3. The Labute approximate surface area is 102 Å². The van der Waals surface area contributed by atoms with E-state index in [-0.39, 0.29) is 5.69 Å². The van der Waals surface area contributed by atoms with Crippen molar-refractivity contribution < 1.29 is 13.2 Å². The first kappa shape index (κ1) is 12.5. The standard InChI is InChI=1S/C12H12F3N3/c1-3-18-6-7(2)16-12(18)17-8-4-9(13)11(15)10(14)5-8/h4-6H,3H2,1-2H3,(H,16,17). The maximum Gasteiger partial charge on any atom is 0.207 e. The van der Waals surface area contributed by atoms with Gasteiger partial charge >= 0.3 is 0 Å². The van der Waals surface area contributed by atoms with Gasteiger partial charge in [0, 0.05) is 30.6 Å². The first-order chi connectivity index (χ1) is 8.51. The summed E-state index contributed by atoms with van der Waals surface area (Å²) >= 11 is 0. The predicted octanol–water partition coefficient (Wildman–Crippen LogP) is 3.37. The molecule has 0 aliphatic rings. The van der Waals surface area contributed by atoms with Crippen molar-refractivity contribution in [3.63, 3.8) is 0 Å². The average Bonchev–Trinajstić information content (AvgIpc) is 2.66. The molecule has 6 heteroatoms. The fourth-order valence-electron chi connectivity index (χ4n) is 1.64. The van der Waals surface area contributed by atoms with Gasteiger partial charge in [0.05, 0.1) is 5.69 Å². The van der Waals surface area contributed by atoms with Crippen molar-refractivity contribution in [1.29, 1.82) is 0 Å². The summed E-state index contributed by atoms with van der Waals surface area (Å²) in [6.45, 7) is 4.39. The predicted molar refractivity (Wildman–Crippen MR) is 62.2 cm³/mol. The molecule has 0 unspecified atom stereocenters. The molecule has 0 saturated carbocycles. The van der Waals surface area contributed by atoms with Gasteiger partial charge in [0.15, 0.2) is 17.5 Å². The molecule has 1 heterocycles. The highest BCUT2D eigenvalue weighted by Crippen LogP contribution is 2.21. The average molecular weight is 255 g/mol. The number of hydrogen-bond donors (Lipinski definition) is 1. The smallest absolute Gasteiger partial charge is 0.207 e. The van der Waals surface area contributed by atoms with E-state index in [1.54, 1.807) is 10.8 Å². The first-order valence-electron chi connectivity index (χ1n) is 5.46. The number of hydrogen-bond acceptors (Lipinski definition) is 2. The van der Waals surface area contributed by atoms with E-state index in [0.29, 0.717) is 12.5 Å². The number of aromatic nitrogens is 2. The second-order valence-corrected chi connectivity index (χ2v) is 3.87. The Morgan fingerprint density at radius 1 is 1.22 bits per heavy atom. The normalized spacial score (nSPS) is 10.7. The van der Waals surface area contributed by atoms with Crippen LogP contribution in [-0.4, -0.2) is 9.55 Å². The number of benzene rings is 1. The van der Waals surface area contributed by atoms with Crippen LogP contribution in [0.2, 0.25) is 0 Å². The molecule has 0 bridgehead atoms. The summed E-state index contributed by atoms with van der Waals surface area (Å²) in [4.78, 5) is 4.17. The second-order valence-electron chi connectivity index (χ2n) is 3.87. The molecule has 0 fully saturated rings. The van der Waals surface area contributed by atoms with Crippen molar-refractivity contribution in [2.24, 2.45) is 0 Å². The van der Waals surface area contributed by atoms with Gasteiger partial charge in [-0.2, -0.15) is 0 Å². The largest absolute Gasteiger partial charge is 0.325 e. The minimum absolute atomic E-state index is 0.117. The van der Waals surface area contributed by atoms with Gasteiger partial charge in [-0.25, -0.2) is 18.2 Å². The van der Waals surface area contributed by atoms with Crippen LogP contribution in [-0.2, 0) is 6.54 Å². The lowest BCUT2D eigenvalue weighted by Crippen LogP contribution is -2.03. The van der Waals surface area contributed by atoms with Crippen molar-refractivity contribution in [2.45, 2.75) is 20.4 Å². The summed E-state index contributed by atoms with van der Waals surface area (Å²) in [7, 11) is 0. The van der Waals surface area contributed by atoms with Gasteiger partial charge in [-0.1, -0.05) is 0 Å². The second kappa shape index (κ2) is 4.72. The Morgan fingerprint density at radius 3 is 2.39 bits per heavy atom. The minimum Gasteiger partial charge on any atom is -0.325 e. The van der Waals surface area contributed by atoms with Gasteiger partial charge in [-0.05, 0) is 13.8 Å². The molecule has 18 heavy (non-hydrogen) atoms. The topological polar surface area (TPSA) is 29.9 Å². The maximum atomic E-state index is 13.0. The van der Waals surface area contributed by atoms with Crippen LogP contribution >= 0.6 is 0 Å². The lowest BCUT2D eigenvalue weighted by Gasteiger charge is -2.08. The number of anilines is 2. The number of imidazole rings is 1. The zero-order valence-corrected chi connectivity index (χ0v) is 9.97. The third-order valence-corrected chi connectivity index (χ3v) is 2.48. The lowest BCUT2D eigenvalue weighted by atomic mass is 10.3. The van der Waals surface area contributed by atoms with Crippen LogP contribution in [0.25, 0.3) is 0 Å². The molecule has 96 valence electrons. The van der Waals surface area contributed by atoms with Crippen LogP contribution in [0.15, 0.2) is 18.3 Å². The van der Waals surface area contributed by atoms with E-state index in [0.717, 1.165) is 17.8 Å². The van der Waals surface area contributed by atoms with E-state index >= 15 is 0 Å². The van der Waals surface area contributed by atoms with Crippen LogP contribution < -0.4 is 5.32 Å². The number of halogens is 3. The molecule has 2 aromatic rings. The van der Waals surface area contributed by atoms with Gasteiger partial charge in [0.2, 0.25) is 5.95 Å². The van der Waals surface area contributed by atoms with Crippen molar-refractivity contribution in [3.05, 3.63) is 41.5 Å². The lowest BCUT2D eigenvalue weighted by molar-refractivity contribution is 0.448. The Morgan fingerprint density at radius 2 is 1.83 bits per heavy atom. The van der Waals surface area contributed by atoms with E-state index in [2.05, 4.69) is 10.3 Å². The highest BCUT2D eigenvalue weighted by Gasteiger charge is 2.12. The molecule has 0 amide bonds. The zero-order chi connectivity index (χ0) is 13.3. The van der Waals surface area contributed by atoms with E-state index in [4.69, 9.17) is 0 Å². The molecule has 0 spiro atoms. The molecule has 1 aromatic heterocycles. The van der Waals surface area contributed by atoms with Crippen LogP contribution in [0.1, 0.15) is 12.6 Å². The van der Waals surface area contributed by atoms with E-state index in [1.807, 2.05) is 13.8 Å². The van der Waals surface area contributed by atoms with E-state index in [9.17, 15) is 13.2 Å². The van der Waals surface area contributed by atoms with Crippen molar-refractivity contribution >= 4 is 11.6 Å². The van der Waals surface area contributed by atoms with Crippen LogP contribution in [0.5, 0.6) is 0 Å². The van der Waals surface area contributed by atoms with Gasteiger partial charge in [-0.3, -0.25) is 0 Å². The summed E-state index contributed by atoms with van der Waals surface area (Å²) in [5.74, 6) is -3.48. The molecule has 1 N–H and O–H groups in total. The number of aryl methyl sites for hydroxylation is 2. The van der Waals surface area contributed by atoms with Gasteiger partial charge in [-0.15, -0.1) is 0 Å². The third kappa shape index (κ3) is 2.32. The van der Waals surface area contributed by atoms with Crippen molar-refractivity contribution in [3.8, 4) is 0 Å². The Kier molecular flexibility index (Phi) is 3.27. The molecule has 0 aliphatic heterocycles. The molecule has 2 rings (SSSR count). The maximum absolute atomic E-state index is 13.0. The van der Waals surface area contributed by atoms with E-state index < -0.39 is 17.5 Å². The molecule has 3 nitrogen and oxygen atoms in total. The van der Waals surface area contributed by atoms with Crippen LogP contribution in [0.4, 0.5) is 24.8 Å². The summed E-state index contributed by atoms with van der Waals surface area (Å²) < 4.78 is 40.7. The monoisotopic (exact) mass is 255 g/mol. The highest BCUT2D eigenvalue weighted by atomic mass is 19.2. The van der Waals surface area contributed by atoms with Gasteiger partial charge in [0.1, 0.15) is 0 Å². The summed E-state index contributed by atoms with van der Waals surface area (Å²) in [6, 6.07) is 1.78. The van der Waals surface area contributed by atoms with Crippen LogP contribution in [0.3, 0.4) is 0 Å². The Bertz CT molecular complexity index is 555. The Hall–Kier alpha value is -1.98. The summed E-state index contributed by atoms with van der Waals surface area (Å²) in [5, 5.41) is 2.76. The van der Waals surface area contributed by atoms with E-state index in [1.165, 1.54) is 0 Å². The van der Waals surface area contributed by atoms with Gasteiger partial charge < -0.3 is 9.88 Å². The summed E-state index contributed by atoms with van der Waals surface area (Å²) in [6.07, 6.45) is 1.80. The summed E-state index contributed by atoms with van der Waals surface area (Å²) in [5.41, 5.74) is 0.897. The van der Waals surface area contributed by atoms with Crippen molar-refractivity contribution in [1.82, 2.24) is 9.55 Å². The fourth-order valence-corrected chi connectivity index (χ4v) is 1.64. The first-order valence-corrected chi connectivity index (χ1v) is 5.46. The third-order valence-electron chi connectivity index (χ3n) is 2.48. The Balaban J connectivity index is 2.34. The molecule has 0 atom stereocenters. The molecule has 0 radical (unpaired) electrons. The zero-order valence-electron chi connectivity index (χ0n) is 9.97. The number of nitrogens with one attached hydrogen (secondary N) is 1. The number of rotatable bonds is 3. The molecule has 0 saturated heterocycles. The SMILES string of the molecule is CCn1cc(C)nc1Nc1cc(F)c(F)c(F)c1. The number of nitrogens with zero attached hydrogens (tertiary/aromatic N) is 2. The van der Waals surface area contributed by atoms with Gasteiger partial charge in [0.25, 0.3) is 0 Å². The molecular weight excluding hydrogens is 243 g/mol. The quantitative estimate of drug-likeness (QED) is 0.852. The molecule has 0 aliphatic carbocycles. The van der Waals surface area contributed by atoms with Crippen LogP contribution in [0, 0.1) is 24.4 Å².